The van der Waals surface area contributed by atoms with Crippen LogP contribution in [0.1, 0.15) is 44.0 Å². The van der Waals surface area contributed by atoms with Crippen molar-refractivity contribution >= 4 is 21.8 Å². The molecule has 1 aromatic heterocycles. The summed E-state index contributed by atoms with van der Waals surface area (Å²) in [4.78, 5) is 24.7. The monoisotopic (exact) mass is 439 g/mol. The molecule has 2 aromatic carbocycles. The van der Waals surface area contributed by atoms with Crippen LogP contribution >= 0.6 is 0 Å². The Morgan fingerprint density at radius 1 is 0.968 bits per heavy atom. The van der Waals surface area contributed by atoms with E-state index in [1.807, 2.05) is 12.1 Å². The van der Waals surface area contributed by atoms with Gasteiger partial charge in [-0.2, -0.15) is 0 Å². The zero-order valence-corrected chi connectivity index (χ0v) is 17.5. The molecule has 0 spiro atoms. The second kappa shape index (κ2) is 8.87. The van der Waals surface area contributed by atoms with E-state index < -0.39 is 22.6 Å². The summed E-state index contributed by atoms with van der Waals surface area (Å²) in [7, 11) is -3.86. The number of rotatable bonds is 8. The quantitative estimate of drug-likeness (QED) is 0.427. The summed E-state index contributed by atoms with van der Waals surface area (Å²) >= 11 is 0. The normalized spacial score (nSPS) is 13.0. The maximum Gasteiger partial charge on any atom is 0.338 e. The second-order valence-electron chi connectivity index (χ2n) is 7.27. The van der Waals surface area contributed by atoms with Gasteiger partial charge in [0.25, 0.3) is 0 Å². The van der Waals surface area contributed by atoms with Gasteiger partial charge in [0.15, 0.2) is 12.4 Å². The van der Waals surface area contributed by atoms with Crippen LogP contribution in [0, 0.1) is 0 Å². The molecule has 0 radical (unpaired) electrons. The van der Waals surface area contributed by atoms with E-state index in [0.29, 0.717) is 11.3 Å². The molecule has 4 rings (SSSR count). The highest BCUT2D eigenvalue weighted by atomic mass is 32.2. The van der Waals surface area contributed by atoms with Gasteiger partial charge in [0.1, 0.15) is 5.76 Å². The van der Waals surface area contributed by atoms with E-state index >= 15 is 0 Å². The van der Waals surface area contributed by atoms with Gasteiger partial charge in [-0.3, -0.25) is 4.79 Å². The maximum absolute atomic E-state index is 12.5. The van der Waals surface area contributed by atoms with E-state index in [1.54, 1.807) is 18.2 Å². The van der Waals surface area contributed by atoms with Gasteiger partial charge < -0.3 is 9.15 Å². The summed E-state index contributed by atoms with van der Waals surface area (Å²) in [6.45, 7) is -0.426. The number of hydrogen-bond acceptors (Lipinski definition) is 6. The number of esters is 1. The molecule has 0 bridgehead atoms. The Balaban J connectivity index is 1.39. The number of aryl methyl sites for hydroxylation is 2. The topological polar surface area (TPSA) is 103 Å². The fourth-order valence-electron chi connectivity index (χ4n) is 3.50. The molecule has 0 aliphatic heterocycles. The van der Waals surface area contributed by atoms with E-state index in [9.17, 15) is 18.0 Å². The van der Waals surface area contributed by atoms with E-state index in [2.05, 4.69) is 4.72 Å². The van der Waals surface area contributed by atoms with Crippen molar-refractivity contribution in [3.8, 4) is 0 Å². The minimum Gasteiger partial charge on any atom is -0.468 e. The second-order valence-corrected chi connectivity index (χ2v) is 9.04. The average Bonchev–Trinajstić information content (AvgIpc) is 3.47. The number of benzene rings is 2. The van der Waals surface area contributed by atoms with Crippen molar-refractivity contribution in [3.05, 3.63) is 88.9 Å². The lowest BCUT2D eigenvalue weighted by Crippen LogP contribution is -2.23. The summed E-state index contributed by atoms with van der Waals surface area (Å²) in [5.74, 6) is -0.603. The molecule has 31 heavy (non-hydrogen) atoms. The Morgan fingerprint density at radius 3 is 2.61 bits per heavy atom. The Kier molecular flexibility index (Phi) is 6.01. The zero-order chi connectivity index (χ0) is 21.8. The molecule has 0 fully saturated rings. The first-order valence-electron chi connectivity index (χ1n) is 9.86. The van der Waals surface area contributed by atoms with Crippen LogP contribution in [-0.4, -0.2) is 26.8 Å². The van der Waals surface area contributed by atoms with Crippen LogP contribution < -0.4 is 4.72 Å². The lowest BCUT2D eigenvalue weighted by molar-refractivity contribution is 0.0474. The van der Waals surface area contributed by atoms with Gasteiger partial charge in [0.05, 0.1) is 23.3 Å². The smallest absolute Gasteiger partial charge is 0.338 e. The number of carbonyl (C=O) groups is 2. The number of ether oxygens (including phenoxy) is 1. The van der Waals surface area contributed by atoms with Crippen molar-refractivity contribution in [2.24, 2.45) is 0 Å². The van der Waals surface area contributed by atoms with Crippen molar-refractivity contribution in [2.45, 2.75) is 30.7 Å². The lowest BCUT2D eigenvalue weighted by Gasteiger charge is -2.08. The molecule has 3 aromatic rings. The summed E-state index contributed by atoms with van der Waals surface area (Å²) in [5, 5.41) is 0. The first kappa shape index (κ1) is 21.0. The first-order chi connectivity index (χ1) is 14.9. The van der Waals surface area contributed by atoms with Crippen molar-refractivity contribution < 1.29 is 27.2 Å². The van der Waals surface area contributed by atoms with Crippen molar-refractivity contribution in [1.82, 2.24) is 4.72 Å². The highest BCUT2D eigenvalue weighted by Gasteiger charge is 2.19. The number of carbonyl (C=O) groups excluding carboxylic acids is 2. The van der Waals surface area contributed by atoms with Crippen LogP contribution in [0.25, 0.3) is 0 Å². The molecule has 7 nitrogen and oxygen atoms in total. The van der Waals surface area contributed by atoms with E-state index in [-0.39, 0.29) is 22.8 Å². The largest absolute Gasteiger partial charge is 0.468 e. The number of fused-ring (bicyclic) bond motifs is 1. The molecule has 0 amide bonds. The number of ketones is 1. The number of sulfonamides is 1. The number of hydrogen-bond donors (Lipinski definition) is 1. The van der Waals surface area contributed by atoms with E-state index in [1.165, 1.54) is 36.1 Å². The molecular formula is C23H21NO6S. The molecule has 160 valence electrons. The Labute approximate surface area is 180 Å². The first-order valence-corrected chi connectivity index (χ1v) is 11.3. The molecule has 1 aliphatic rings. The van der Waals surface area contributed by atoms with Gasteiger partial charge in [-0.25, -0.2) is 17.9 Å². The van der Waals surface area contributed by atoms with E-state index in [0.717, 1.165) is 24.8 Å². The molecule has 0 saturated carbocycles. The van der Waals surface area contributed by atoms with E-state index in [4.69, 9.17) is 9.15 Å². The minimum absolute atomic E-state index is 0.0146. The molecule has 8 heteroatoms. The summed E-state index contributed by atoms with van der Waals surface area (Å²) < 4.78 is 37.6. The van der Waals surface area contributed by atoms with Crippen LogP contribution in [0.2, 0.25) is 0 Å². The molecule has 1 heterocycles. The molecule has 0 atom stereocenters. The average molecular weight is 439 g/mol. The Morgan fingerprint density at radius 2 is 1.81 bits per heavy atom. The number of nitrogens with one attached hydrogen (secondary N) is 1. The van der Waals surface area contributed by atoms with Crippen LogP contribution in [0.4, 0.5) is 0 Å². The van der Waals surface area contributed by atoms with Gasteiger partial charge in [-0.05, 0) is 66.8 Å². The van der Waals surface area contributed by atoms with Crippen LogP contribution in [0.15, 0.2) is 70.2 Å². The standard InChI is InChI=1S/C23H21NO6S/c25-22(18-10-9-16-4-1-5-17(16)12-18)15-30-23(26)19-6-2-8-21(13-19)31(27,28)24-14-20-7-3-11-29-20/h2-3,6-13,24H,1,4-5,14-15H2. The highest BCUT2D eigenvalue weighted by Crippen LogP contribution is 2.23. The summed E-state index contributed by atoms with van der Waals surface area (Å²) in [5.41, 5.74) is 2.97. The van der Waals surface area contributed by atoms with Crippen LogP contribution in [0.3, 0.4) is 0 Å². The Bertz CT molecular complexity index is 1210. The SMILES string of the molecule is O=C(COC(=O)c1cccc(S(=O)(=O)NCc2ccco2)c1)c1ccc2c(c1)CCC2. The zero-order valence-electron chi connectivity index (χ0n) is 16.7. The van der Waals surface area contributed by atoms with Crippen molar-refractivity contribution in [1.29, 1.82) is 0 Å². The highest BCUT2D eigenvalue weighted by molar-refractivity contribution is 7.89. The fraction of sp³-hybridized carbons (Fsp3) is 0.217. The third-order valence-electron chi connectivity index (χ3n) is 5.15. The summed E-state index contributed by atoms with van der Waals surface area (Å²) in [6.07, 6.45) is 4.50. The lowest BCUT2D eigenvalue weighted by atomic mass is 10.0. The molecule has 0 saturated heterocycles. The van der Waals surface area contributed by atoms with Gasteiger partial charge >= 0.3 is 5.97 Å². The summed E-state index contributed by atoms with van der Waals surface area (Å²) in [6, 6.07) is 14.3. The van der Waals surface area contributed by atoms with Crippen molar-refractivity contribution in [3.63, 3.8) is 0 Å². The van der Waals surface area contributed by atoms with Gasteiger partial charge in [0.2, 0.25) is 10.0 Å². The molecule has 0 unspecified atom stereocenters. The predicted octanol–water partition coefficient (Wildman–Crippen LogP) is 3.29. The fourth-order valence-corrected chi connectivity index (χ4v) is 4.53. The van der Waals surface area contributed by atoms with Gasteiger partial charge in [-0.15, -0.1) is 0 Å². The van der Waals surface area contributed by atoms with Gasteiger partial charge in [0, 0.05) is 5.56 Å². The van der Waals surface area contributed by atoms with Gasteiger partial charge in [-0.1, -0.05) is 18.2 Å². The predicted molar refractivity (Wildman–Crippen MR) is 112 cm³/mol. The van der Waals surface area contributed by atoms with Crippen LogP contribution in [0.5, 0.6) is 0 Å². The van der Waals surface area contributed by atoms with Crippen molar-refractivity contribution in [2.75, 3.05) is 6.61 Å². The maximum atomic E-state index is 12.5. The third-order valence-corrected chi connectivity index (χ3v) is 6.55. The molecule has 1 aliphatic carbocycles. The number of furan rings is 1. The molecule has 1 N–H and O–H groups in total. The number of Topliss-reactive ketones (excluding diaryl/α,β-unsaturated/α-hetero) is 1. The Hall–Kier alpha value is -3.23. The third kappa shape index (κ3) is 4.92. The van der Waals surface area contributed by atoms with Crippen LogP contribution in [-0.2, 0) is 34.1 Å². The molecular weight excluding hydrogens is 418 g/mol. The minimum atomic E-state index is -3.86.